The number of carbonyl (C=O) groups excluding carboxylic acids is 1. The van der Waals surface area contributed by atoms with E-state index in [1.807, 2.05) is 49.3 Å². The van der Waals surface area contributed by atoms with Crippen LogP contribution in [0.1, 0.15) is 10.5 Å². The van der Waals surface area contributed by atoms with Crippen LogP contribution in [-0.2, 0) is 0 Å². The highest BCUT2D eigenvalue weighted by Gasteiger charge is 2.24. The number of carbonyl (C=O) groups is 1. The Balaban J connectivity index is 1.67. The summed E-state index contributed by atoms with van der Waals surface area (Å²) in [6, 6.07) is 15.5. The first-order valence-electron chi connectivity index (χ1n) is 9.06. The van der Waals surface area contributed by atoms with Gasteiger partial charge in [0.05, 0.1) is 10.2 Å². The summed E-state index contributed by atoms with van der Waals surface area (Å²) in [5.74, 6) is -0.118. The van der Waals surface area contributed by atoms with E-state index in [2.05, 4.69) is 10.1 Å². The molecule has 0 saturated carbocycles. The van der Waals surface area contributed by atoms with Crippen molar-refractivity contribution in [3.8, 4) is 11.3 Å². The number of thiazole rings is 1. The summed E-state index contributed by atoms with van der Waals surface area (Å²) in [4.78, 5) is 21.3. The highest BCUT2D eigenvalue weighted by Crippen LogP contribution is 2.30. The number of hydrogen-bond donors (Lipinski definition) is 0. The van der Waals surface area contributed by atoms with Crippen LogP contribution in [-0.4, -0.2) is 48.1 Å². The summed E-state index contributed by atoms with van der Waals surface area (Å²) in [5, 5.41) is 4.47. The van der Waals surface area contributed by atoms with Crippen LogP contribution in [0.5, 0.6) is 0 Å². The van der Waals surface area contributed by atoms with Gasteiger partial charge in [-0.2, -0.15) is 0 Å². The number of aromatic nitrogens is 2. The average molecular weight is 410 g/mol. The summed E-state index contributed by atoms with van der Waals surface area (Å²) in [6.45, 7) is 1.06. The van der Waals surface area contributed by atoms with Gasteiger partial charge in [0.1, 0.15) is 5.82 Å². The van der Waals surface area contributed by atoms with E-state index in [1.54, 1.807) is 17.0 Å². The van der Waals surface area contributed by atoms with Crippen molar-refractivity contribution in [1.82, 2.24) is 15.0 Å². The number of fused-ring (bicyclic) bond motifs is 1. The van der Waals surface area contributed by atoms with Gasteiger partial charge in [0.25, 0.3) is 5.91 Å². The van der Waals surface area contributed by atoms with Gasteiger partial charge < -0.3 is 9.42 Å². The Morgan fingerprint density at radius 2 is 1.90 bits per heavy atom. The van der Waals surface area contributed by atoms with Gasteiger partial charge in [-0.05, 0) is 32.3 Å². The Hall–Kier alpha value is -3.10. The van der Waals surface area contributed by atoms with Gasteiger partial charge in [-0.1, -0.05) is 46.8 Å². The van der Waals surface area contributed by atoms with Gasteiger partial charge in [0.15, 0.2) is 16.6 Å². The number of rotatable bonds is 6. The Labute approximate surface area is 171 Å². The summed E-state index contributed by atoms with van der Waals surface area (Å²) in [6.07, 6.45) is 0. The second-order valence-electron chi connectivity index (χ2n) is 6.81. The molecule has 0 unspecified atom stereocenters. The van der Waals surface area contributed by atoms with Crippen LogP contribution in [0.15, 0.2) is 59.1 Å². The van der Waals surface area contributed by atoms with Gasteiger partial charge in [-0.3, -0.25) is 9.69 Å². The molecule has 29 heavy (non-hydrogen) atoms. The zero-order valence-corrected chi connectivity index (χ0v) is 16.8. The molecule has 4 rings (SSSR count). The van der Waals surface area contributed by atoms with Crippen LogP contribution < -0.4 is 4.90 Å². The minimum atomic E-state index is -0.331. The number of amides is 1. The predicted molar refractivity (Wildman–Crippen MR) is 112 cm³/mol. The van der Waals surface area contributed by atoms with Gasteiger partial charge in [-0.25, -0.2) is 9.37 Å². The zero-order valence-electron chi connectivity index (χ0n) is 16.0. The molecule has 2 aromatic heterocycles. The molecule has 0 spiro atoms. The predicted octanol–water partition coefficient (Wildman–Crippen LogP) is 4.30. The fraction of sp³-hybridized carbons (Fsp3) is 0.190. The largest absolute Gasteiger partial charge is 0.355 e. The molecule has 0 N–H and O–H groups in total. The maximum absolute atomic E-state index is 13.6. The van der Waals surface area contributed by atoms with Crippen molar-refractivity contribution in [3.05, 3.63) is 66.1 Å². The van der Waals surface area contributed by atoms with Gasteiger partial charge >= 0.3 is 0 Å². The SMILES string of the molecule is CN(C)CCN(C(=O)c1cc(-c2ccccc2)on1)c1nc2ccc(F)cc2s1. The molecule has 0 bridgehead atoms. The van der Waals surface area contributed by atoms with Crippen molar-refractivity contribution < 1.29 is 13.7 Å². The molecular weight excluding hydrogens is 391 g/mol. The molecule has 4 aromatic rings. The highest BCUT2D eigenvalue weighted by atomic mass is 32.1. The lowest BCUT2D eigenvalue weighted by Crippen LogP contribution is -2.36. The molecule has 1 amide bonds. The van der Waals surface area contributed by atoms with Crippen LogP contribution in [0.3, 0.4) is 0 Å². The lowest BCUT2D eigenvalue weighted by atomic mass is 10.1. The second-order valence-corrected chi connectivity index (χ2v) is 7.82. The van der Waals surface area contributed by atoms with Crippen molar-refractivity contribution in [2.45, 2.75) is 0 Å². The van der Waals surface area contributed by atoms with E-state index < -0.39 is 0 Å². The number of hydrogen-bond acceptors (Lipinski definition) is 6. The van der Waals surface area contributed by atoms with Crippen LogP contribution in [0, 0.1) is 5.82 Å². The molecule has 2 aromatic carbocycles. The van der Waals surface area contributed by atoms with E-state index in [-0.39, 0.29) is 17.4 Å². The molecule has 6 nitrogen and oxygen atoms in total. The van der Waals surface area contributed by atoms with Crippen molar-refractivity contribution in [3.63, 3.8) is 0 Å². The molecule has 0 radical (unpaired) electrons. The van der Waals surface area contributed by atoms with E-state index in [4.69, 9.17) is 4.52 Å². The molecule has 0 aliphatic heterocycles. The molecule has 8 heteroatoms. The maximum Gasteiger partial charge on any atom is 0.282 e. The summed E-state index contributed by atoms with van der Waals surface area (Å²) >= 11 is 1.27. The number of likely N-dealkylation sites (N-methyl/N-ethyl adjacent to an activating group) is 1. The molecule has 0 saturated heterocycles. The molecule has 0 aliphatic rings. The van der Waals surface area contributed by atoms with Crippen molar-refractivity contribution in [2.24, 2.45) is 0 Å². The minimum Gasteiger partial charge on any atom is -0.355 e. The van der Waals surface area contributed by atoms with Crippen molar-refractivity contribution in [2.75, 3.05) is 32.1 Å². The summed E-state index contributed by atoms with van der Waals surface area (Å²) in [5.41, 5.74) is 1.70. The second kappa shape index (κ2) is 8.10. The quantitative estimate of drug-likeness (QED) is 0.474. The lowest BCUT2D eigenvalue weighted by Gasteiger charge is -2.20. The molecule has 0 atom stereocenters. The van der Waals surface area contributed by atoms with Gasteiger partial charge in [0.2, 0.25) is 0 Å². The molecule has 0 aliphatic carbocycles. The third-order valence-corrected chi connectivity index (χ3v) is 5.41. The van der Waals surface area contributed by atoms with Crippen LogP contribution in [0.4, 0.5) is 9.52 Å². The molecule has 0 fully saturated rings. The van der Waals surface area contributed by atoms with E-state index in [0.29, 0.717) is 34.2 Å². The molecule has 148 valence electrons. The van der Waals surface area contributed by atoms with Gasteiger partial charge in [-0.15, -0.1) is 0 Å². The Kier molecular flexibility index (Phi) is 5.37. The summed E-state index contributed by atoms with van der Waals surface area (Å²) < 4.78 is 19.6. The zero-order chi connectivity index (χ0) is 20.4. The maximum atomic E-state index is 13.6. The average Bonchev–Trinajstić information content (AvgIpc) is 3.35. The van der Waals surface area contributed by atoms with Crippen molar-refractivity contribution >= 4 is 32.6 Å². The standard InChI is InChI=1S/C21H19FN4O2S/c1-25(2)10-11-26(21-23-16-9-8-15(22)12-19(16)29-21)20(27)17-13-18(28-24-17)14-6-4-3-5-7-14/h3-9,12-13H,10-11H2,1-2H3. The fourth-order valence-electron chi connectivity index (χ4n) is 2.84. The number of benzene rings is 2. The first kappa shape index (κ1) is 19.2. The molecule has 2 heterocycles. The van der Waals surface area contributed by atoms with Crippen LogP contribution in [0.2, 0.25) is 0 Å². The summed E-state index contributed by atoms with van der Waals surface area (Å²) in [7, 11) is 3.86. The fourth-order valence-corrected chi connectivity index (χ4v) is 3.85. The first-order chi connectivity index (χ1) is 14.0. The Morgan fingerprint density at radius 1 is 1.10 bits per heavy atom. The Bertz CT molecular complexity index is 1140. The topological polar surface area (TPSA) is 62.5 Å². The third kappa shape index (κ3) is 4.18. The lowest BCUT2D eigenvalue weighted by molar-refractivity contribution is 0.0976. The monoisotopic (exact) mass is 410 g/mol. The third-order valence-electron chi connectivity index (χ3n) is 4.37. The van der Waals surface area contributed by atoms with E-state index in [9.17, 15) is 9.18 Å². The van der Waals surface area contributed by atoms with Crippen LogP contribution in [0.25, 0.3) is 21.5 Å². The Morgan fingerprint density at radius 3 is 2.66 bits per heavy atom. The number of halogens is 1. The highest BCUT2D eigenvalue weighted by molar-refractivity contribution is 7.22. The number of nitrogens with zero attached hydrogens (tertiary/aromatic N) is 4. The van der Waals surface area contributed by atoms with Gasteiger partial charge in [0, 0.05) is 24.7 Å². The van der Waals surface area contributed by atoms with Crippen LogP contribution >= 0.6 is 11.3 Å². The normalized spacial score (nSPS) is 11.3. The molecular formula is C21H19FN4O2S. The first-order valence-corrected chi connectivity index (χ1v) is 9.88. The minimum absolute atomic E-state index is 0.202. The number of anilines is 1. The van der Waals surface area contributed by atoms with E-state index in [0.717, 1.165) is 5.56 Å². The van der Waals surface area contributed by atoms with Crippen molar-refractivity contribution in [1.29, 1.82) is 0 Å². The smallest absolute Gasteiger partial charge is 0.282 e. The van der Waals surface area contributed by atoms with E-state index in [1.165, 1.54) is 23.5 Å². The van der Waals surface area contributed by atoms with E-state index >= 15 is 0 Å².